The van der Waals surface area contributed by atoms with E-state index in [-0.39, 0.29) is 5.91 Å². The van der Waals surface area contributed by atoms with Gasteiger partial charge in [-0.1, -0.05) is 23.7 Å². The van der Waals surface area contributed by atoms with Crippen LogP contribution in [0.1, 0.15) is 17.0 Å². The van der Waals surface area contributed by atoms with Crippen LogP contribution in [0.4, 0.5) is 0 Å². The highest BCUT2D eigenvalue weighted by atomic mass is 35.5. The molecular weight excluding hydrogens is 352 g/mol. The summed E-state index contributed by atoms with van der Waals surface area (Å²) in [6.07, 6.45) is 1.67. The number of hydrogen-bond acceptors (Lipinski definition) is 4. The fourth-order valence-corrected chi connectivity index (χ4v) is 3.31. The molecule has 1 saturated heterocycles. The summed E-state index contributed by atoms with van der Waals surface area (Å²) in [5, 5.41) is 4.80. The monoisotopic (exact) mass is 374 g/mol. The van der Waals surface area contributed by atoms with Crippen LogP contribution >= 0.6 is 11.6 Å². The fraction of sp³-hybridized carbons (Fsp3) is 0.368. The Morgan fingerprint density at radius 2 is 2.04 bits per heavy atom. The van der Waals surface area contributed by atoms with Crippen molar-refractivity contribution in [3.05, 3.63) is 52.3 Å². The van der Waals surface area contributed by atoms with Gasteiger partial charge >= 0.3 is 0 Å². The van der Waals surface area contributed by atoms with E-state index in [9.17, 15) is 4.79 Å². The normalized spacial score (nSPS) is 15.5. The fourth-order valence-electron chi connectivity index (χ4n) is 3.09. The molecule has 1 aliphatic heterocycles. The summed E-state index contributed by atoms with van der Waals surface area (Å²) < 4.78 is 7.36. The van der Waals surface area contributed by atoms with Crippen LogP contribution in [0.15, 0.2) is 35.4 Å². The Labute approximate surface area is 158 Å². The lowest BCUT2D eigenvalue weighted by Crippen LogP contribution is -2.42. The third kappa shape index (κ3) is 4.33. The molecule has 1 amide bonds. The third-order valence-electron chi connectivity index (χ3n) is 4.43. The zero-order valence-corrected chi connectivity index (χ0v) is 15.8. The summed E-state index contributed by atoms with van der Waals surface area (Å²) in [6.45, 7) is 7.25. The number of amides is 1. The van der Waals surface area contributed by atoms with Gasteiger partial charge in [0.1, 0.15) is 0 Å². The number of hydrazone groups is 1. The number of carbonyl (C=O) groups excluding carboxylic acids is 1. The van der Waals surface area contributed by atoms with Crippen molar-refractivity contribution in [2.24, 2.45) is 5.10 Å². The number of carbonyl (C=O) groups is 1. The molecular formula is C19H23ClN4O2. The Bertz CT molecular complexity index is 810. The van der Waals surface area contributed by atoms with E-state index in [1.165, 1.54) is 0 Å². The molecule has 1 N–H and O–H groups in total. The average Bonchev–Trinajstić information content (AvgIpc) is 2.90. The van der Waals surface area contributed by atoms with Crippen LogP contribution in [-0.2, 0) is 9.53 Å². The van der Waals surface area contributed by atoms with E-state index in [2.05, 4.69) is 20.0 Å². The smallest absolute Gasteiger partial charge is 0.254 e. The van der Waals surface area contributed by atoms with E-state index in [1.807, 2.05) is 44.2 Å². The maximum absolute atomic E-state index is 12.0. The second kappa shape index (κ2) is 8.49. The lowest BCUT2D eigenvalue weighted by Gasteiger charge is -2.25. The van der Waals surface area contributed by atoms with Gasteiger partial charge in [0.15, 0.2) is 0 Å². The van der Waals surface area contributed by atoms with E-state index < -0.39 is 0 Å². The van der Waals surface area contributed by atoms with E-state index in [1.54, 1.807) is 6.21 Å². The van der Waals surface area contributed by atoms with Gasteiger partial charge in [0.05, 0.1) is 36.7 Å². The van der Waals surface area contributed by atoms with Crippen molar-refractivity contribution in [3.63, 3.8) is 0 Å². The summed E-state index contributed by atoms with van der Waals surface area (Å²) >= 11 is 6.33. The maximum atomic E-state index is 12.0. The standard InChI is InChI=1S/C19H23ClN4O2/c1-14-11-16(15(2)24(14)18-6-4-3-5-17(18)20)12-21-22-19(25)13-23-7-9-26-10-8-23/h3-6,11-12H,7-10,13H2,1-2H3,(H,22,25)/b21-12+. The van der Waals surface area contributed by atoms with Crippen LogP contribution < -0.4 is 5.43 Å². The first-order valence-corrected chi connectivity index (χ1v) is 9.00. The molecule has 0 spiro atoms. The van der Waals surface area contributed by atoms with E-state index in [0.717, 1.165) is 35.7 Å². The molecule has 7 heteroatoms. The zero-order chi connectivity index (χ0) is 18.5. The number of morpholine rings is 1. The van der Waals surface area contributed by atoms with Gasteiger partial charge in [0.25, 0.3) is 5.91 Å². The van der Waals surface area contributed by atoms with Crippen molar-refractivity contribution in [1.82, 2.24) is 14.9 Å². The molecule has 1 fully saturated rings. The molecule has 1 aliphatic rings. The Kier molecular flexibility index (Phi) is 6.08. The highest BCUT2D eigenvalue weighted by molar-refractivity contribution is 6.32. The number of aromatic nitrogens is 1. The maximum Gasteiger partial charge on any atom is 0.254 e. The molecule has 0 bridgehead atoms. The van der Waals surface area contributed by atoms with Gasteiger partial charge in [-0.05, 0) is 32.0 Å². The van der Waals surface area contributed by atoms with E-state index >= 15 is 0 Å². The highest BCUT2D eigenvalue weighted by Crippen LogP contribution is 2.25. The van der Waals surface area contributed by atoms with Gasteiger partial charge in [-0.15, -0.1) is 0 Å². The second-order valence-electron chi connectivity index (χ2n) is 6.29. The van der Waals surface area contributed by atoms with Gasteiger partial charge in [-0.3, -0.25) is 9.69 Å². The van der Waals surface area contributed by atoms with Gasteiger partial charge in [-0.25, -0.2) is 5.43 Å². The minimum atomic E-state index is -0.122. The van der Waals surface area contributed by atoms with Crippen molar-refractivity contribution >= 4 is 23.7 Å². The molecule has 0 radical (unpaired) electrons. The molecule has 1 aromatic carbocycles. The number of hydrogen-bond donors (Lipinski definition) is 1. The molecule has 2 heterocycles. The van der Waals surface area contributed by atoms with Crippen molar-refractivity contribution in [3.8, 4) is 5.69 Å². The Morgan fingerprint density at radius 1 is 1.31 bits per heavy atom. The molecule has 3 rings (SSSR count). The minimum Gasteiger partial charge on any atom is -0.379 e. The predicted molar refractivity (Wildman–Crippen MR) is 103 cm³/mol. The number of nitrogens with one attached hydrogen (secondary N) is 1. The second-order valence-corrected chi connectivity index (χ2v) is 6.70. The Hall–Kier alpha value is -2.15. The molecule has 0 unspecified atom stereocenters. The summed E-state index contributed by atoms with van der Waals surface area (Å²) in [4.78, 5) is 14.0. The molecule has 0 saturated carbocycles. The number of aryl methyl sites for hydroxylation is 1. The molecule has 138 valence electrons. The van der Waals surface area contributed by atoms with E-state index in [0.29, 0.717) is 24.8 Å². The SMILES string of the molecule is Cc1cc(/C=N/NC(=O)CN2CCOCC2)c(C)n1-c1ccccc1Cl. The van der Waals surface area contributed by atoms with E-state index in [4.69, 9.17) is 16.3 Å². The van der Waals surface area contributed by atoms with Gasteiger partial charge in [0, 0.05) is 30.0 Å². The molecule has 26 heavy (non-hydrogen) atoms. The number of rotatable bonds is 5. The first kappa shape index (κ1) is 18.6. The number of benzene rings is 1. The number of ether oxygens (including phenoxy) is 1. The van der Waals surface area contributed by atoms with Gasteiger partial charge in [-0.2, -0.15) is 5.10 Å². The summed E-state index contributed by atoms with van der Waals surface area (Å²) in [6, 6.07) is 9.74. The van der Waals surface area contributed by atoms with Crippen LogP contribution in [0.2, 0.25) is 5.02 Å². The molecule has 2 aromatic rings. The largest absolute Gasteiger partial charge is 0.379 e. The third-order valence-corrected chi connectivity index (χ3v) is 4.75. The van der Waals surface area contributed by atoms with Crippen molar-refractivity contribution in [2.45, 2.75) is 13.8 Å². The molecule has 6 nitrogen and oxygen atoms in total. The lowest BCUT2D eigenvalue weighted by molar-refractivity contribution is -0.123. The first-order valence-electron chi connectivity index (χ1n) is 8.62. The minimum absolute atomic E-state index is 0.122. The number of nitrogens with zero attached hydrogens (tertiary/aromatic N) is 3. The van der Waals surface area contributed by atoms with Gasteiger partial charge in [0.2, 0.25) is 0 Å². The Morgan fingerprint density at radius 3 is 2.77 bits per heavy atom. The van der Waals surface area contributed by atoms with Crippen LogP contribution in [-0.4, -0.2) is 54.4 Å². The van der Waals surface area contributed by atoms with Crippen LogP contribution in [0, 0.1) is 13.8 Å². The van der Waals surface area contributed by atoms with Gasteiger partial charge < -0.3 is 9.30 Å². The van der Waals surface area contributed by atoms with Crippen molar-refractivity contribution < 1.29 is 9.53 Å². The number of halogens is 1. The first-order chi connectivity index (χ1) is 12.6. The summed E-state index contributed by atoms with van der Waals surface area (Å²) in [5.74, 6) is -0.122. The zero-order valence-electron chi connectivity index (χ0n) is 15.0. The van der Waals surface area contributed by atoms with Crippen molar-refractivity contribution in [1.29, 1.82) is 0 Å². The Balaban J connectivity index is 1.67. The van der Waals surface area contributed by atoms with Crippen molar-refractivity contribution in [2.75, 3.05) is 32.8 Å². The average molecular weight is 375 g/mol. The van der Waals surface area contributed by atoms with Crippen LogP contribution in [0.25, 0.3) is 5.69 Å². The highest BCUT2D eigenvalue weighted by Gasteiger charge is 2.14. The number of para-hydroxylation sites is 1. The topological polar surface area (TPSA) is 58.9 Å². The van der Waals surface area contributed by atoms with Crippen LogP contribution in [0.5, 0.6) is 0 Å². The molecule has 0 atom stereocenters. The molecule has 1 aromatic heterocycles. The van der Waals surface area contributed by atoms with Crippen LogP contribution in [0.3, 0.4) is 0 Å². The lowest BCUT2D eigenvalue weighted by atomic mass is 10.2. The summed E-state index contributed by atoms with van der Waals surface area (Å²) in [7, 11) is 0. The predicted octanol–water partition coefficient (Wildman–Crippen LogP) is 2.53. The molecule has 0 aliphatic carbocycles. The summed E-state index contributed by atoms with van der Waals surface area (Å²) in [5.41, 5.74) is 6.54. The quantitative estimate of drug-likeness (QED) is 0.646.